The van der Waals surface area contributed by atoms with Gasteiger partial charge in [0, 0.05) is 25.9 Å². The van der Waals surface area contributed by atoms with E-state index in [4.69, 9.17) is 4.74 Å². The Labute approximate surface area is 112 Å². The van der Waals surface area contributed by atoms with Crippen molar-refractivity contribution in [2.75, 3.05) is 25.5 Å². The maximum absolute atomic E-state index is 13.0. The largest absolute Gasteiger partial charge is 0.380 e. The number of methoxy groups -OCH3 is 1. The molecular weight excluding hydrogens is 247 g/mol. The molecule has 1 aliphatic heterocycles. The Balaban J connectivity index is 2.00. The van der Waals surface area contributed by atoms with Crippen molar-refractivity contribution < 1.29 is 13.9 Å². The Morgan fingerprint density at radius 1 is 1.53 bits per heavy atom. The third-order valence-corrected chi connectivity index (χ3v) is 3.43. The predicted molar refractivity (Wildman–Crippen MR) is 71.8 cm³/mol. The van der Waals surface area contributed by atoms with E-state index in [-0.39, 0.29) is 18.0 Å². The van der Waals surface area contributed by atoms with E-state index in [9.17, 15) is 9.18 Å². The summed E-state index contributed by atoms with van der Waals surface area (Å²) in [6.07, 6.45) is 2.03. The summed E-state index contributed by atoms with van der Waals surface area (Å²) < 4.78 is 18.3. The Morgan fingerprint density at radius 2 is 2.32 bits per heavy atom. The van der Waals surface area contributed by atoms with Gasteiger partial charge in [0.15, 0.2) is 0 Å². The molecule has 1 unspecified atom stereocenters. The number of hydrogen-bond donors (Lipinski definition) is 1. The Kier molecular flexibility index (Phi) is 4.37. The number of likely N-dealkylation sites (tertiary alicyclic amines) is 1. The van der Waals surface area contributed by atoms with Crippen molar-refractivity contribution in [1.82, 2.24) is 4.90 Å². The van der Waals surface area contributed by atoms with Gasteiger partial charge >= 0.3 is 6.03 Å². The number of amides is 2. The molecule has 0 spiro atoms. The molecule has 19 heavy (non-hydrogen) atoms. The average molecular weight is 266 g/mol. The molecule has 1 atom stereocenters. The van der Waals surface area contributed by atoms with Crippen LogP contribution in [0.4, 0.5) is 14.9 Å². The topological polar surface area (TPSA) is 41.6 Å². The highest BCUT2D eigenvalue weighted by molar-refractivity contribution is 5.90. The number of nitrogens with zero attached hydrogens (tertiary/aromatic N) is 1. The van der Waals surface area contributed by atoms with Crippen molar-refractivity contribution >= 4 is 11.7 Å². The second kappa shape index (κ2) is 6.02. The van der Waals surface area contributed by atoms with Crippen molar-refractivity contribution in [3.8, 4) is 0 Å². The van der Waals surface area contributed by atoms with Crippen molar-refractivity contribution in [2.45, 2.75) is 25.9 Å². The lowest BCUT2D eigenvalue weighted by Crippen LogP contribution is -2.44. The van der Waals surface area contributed by atoms with Gasteiger partial charge in [0.25, 0.3) is 0 Å². The highest BCUT2D eigenvalue weighted by Crippen LogP contribution is 2.18. The molecule has 1 aromatic carbocycles. The molecule has 1 saturated heterocycles. The molecule has 0 bridgehead atoms. The summed E-state index contributed by atoms with van der Waals surface area (Å²) >= 11 is 0. The molecule has 1 N–H and O–H groups in total. The van der Waals surface area contributed by atoms with E-state index in [1.54, 1.807) is 25.0 Å². The number of ether oxygens (including phenoxy) is 1. The first-order valence-electron chi connectivity index (χ1n) is 6.45. The fraction of sp³-hybridized carbons (Fsp3) is 0.500. The van der Waals surface area contributed by atoms with Crippen LogP contribution in [-0.4, -0.2) is 37.2 Å². The van der Waals surface area contributed by atoms with Gasteiger partial charge in [-0.25, -0.2) is 9.18 Å². The molecule has 1 heterocycles. The Bertz CT molecular complexity index is 465. The number of urea groups is 1. The van der Waals surface area contributed by atoms with Crippen LogP contribution in [0.1, 0.15) is 18.4 Å². The van der Waals surface area contributed by atoms with Crippen LogP contribution in [0.5, 0.6) is 0 Å². The number of aryl methyl sites for hydroxylation is 1. The fourth-order valence-corrected chi connectivity index (χ4v) is 2.28. The third-order valence-electron chi connectivity index (χ3n) is 3.43. The summed E-state index contributed by atoms with van der Waals surface area (Å²) in [5.74, 6) is -0.298. The molecule has 4 nitrogen and oxygen atoms in total. The number of rotatable bonds is 2. The van der Waals surface area contributed by atoms with Crippen LogP contribution in [0.3, 0.4) is 0 Å². The van der Waals surface area contributed by atoms with Crippen molar-refractivity contribution in [3.05, 3.63) is 29.6 Å². The number of hydrogen-bond acceptors (Lipinski definition) is 2. The summed E-state index contributed by atoms with van der Waals surface area (Å²) in [5, 5.41) is 2.82. The van der Waals surface area contributed by atoms with E-state index in [1.807, 2.05) is 0 Å². The van der Waals surface area contributed by atoms with Crippen molar-refractivity contribution in [1.29, 1.82) is 0 Å². The molecule has 1 aromatic rings. The number of halogens is 1. The Morgan fingerprint density at radius 3 is 3.00 bits per heavy atom. The van der Waals surface area contributed by atoms with E-state index >= 15 is 0 Å². The molecule has 1 fully saturated rings. The average Bonchev–Trinajstić information content (AvgIpc) is 2.42. The highest BCUT2D eigenvalue weighted by atomic mass is 19.1. The first kappa shape index (κ1) is 13.8. The molecule has 2 amide bonds. The number of carbonyl (C=O) groups excluding carboxylic acids is 1. The fourth-order valence-electron chi connectivity index (χ4n) is 2.28. The standard InChI is InChI=1S/C14H19FN2O2/c1-10-8-11(15)5-6-13(10)16-14(18)17-7-3-4-12(9-17)19-2/h5-6,8,12H,3-4,7,9H2,1-2H3,(H,16,18). The smallest absolute Gasteiger partial charge is 0.321 e. The minimum atomic E-state index is -0.298. The van der Waals surface area contributed by atoms with Crippen LogP contribution in [-0.2, 0) is 4.74 Å². The second-order valence-electron chi connectivity index (χ2n) is 4.84. The molecule has 0 radical (unpaired) electrons. The molecule has 104 valence electrons. The van der Waals surface area contributed by atoms with Gasteiger partial charge in [0.1, 0.15) is 5.82 Å². The number of benzene rings is 1. The van der Waals surface area contributed by atoms with Gasteiger partial charge in [-0.1, -0.05) is 0 Å². The maximum Gasteiger partial charge on any atom is 0.321 e. The first-order valence-corrected chi connectivity index (χ1v) is 6.45. The second-order valence-corrected chi connectivity index (χ2v) is 4.84. The zero-order chi connectivity index (χ0) is 13.8. The van der Waals surface area contributed by atoms with Crippen LogP contribution in [0.2, 0.25) is 0 Å². The van der Waals surface area contributed by atoms with E-state index in [0.717, 1.165) is 19.4 Å². The summed E-state index contributed by atoms with van der Waals surface area (Å²) in [5.41, 5.74) is 1.36. The highest BCUT2D eigenvalue weighted by Gasteiger charge is 2.23. The number of nitrogens with one attached hydrogen (secondary N) is 1. The lowest BCUT2D eigenvalue weighted by atomic mass is 10.1. The quantitative estimate of drug-likeness (QED) is 0.894. The van der Waals surface area contributed by atoms with Crippen LogP contribution in [0.15, 0.2) is 18.2 Å². The van der Waals surface area contributed by atoms with Gasteiger partial charge in [-0.3, -0.25) is 0 Å². The summed E-state index contributed by atoms with van der Waals surface area (Å²) in [6.45, 7) is 3.10. The van der Waals surface area contributed by atoms with Crippen LogP contribution in [0, 0.1) is 12.7 Å². The van der Waals surface area contributed by atoms with Gasteiger partial charge in [0.05, 0.1) is 6.10 Å². The summed E-state index contributed by atoms with van der Waals surface area (Å²) in [4.78, 5) is 13.9. The number of carbonyl (C=O) groups is 1. The first-order chi connectivity index (χ1) is 9.10. The number of anilines is 1. The van der Waals surface area contributed by atoms with Crippen LogP contribution in [0.25, 0.3) is 0 Å². The minimum absolute atomic E-state index is 0.105. The summed E-state index contributed by atoms with van der Waals surface area (Å²) in [7, 11) is 1.66. The summed E-state index contributed by atoms with van der Waals surface area (Å²) in [6, 6.07) is 4.18. The maximum atomic E-state index is 13.0. The zero-order valence-corrected chi connectivity index (χ0v) is 11.3. The third kappa shape index (κ3) is 3.44. The zero-order valence-electron chi connectivity index (χ0n) is 11.3. The van der Waals surface area contributed by atoms with Gasteiger partial charge < -0.3 is 15.0 Å². The van der Waals surface area contributed by atoms with Crippen molar-refractivity contribution in [3.63, 3.8) is 0 Å². The lowest BCUT2D eigenvalue weighted by molar-refractivity contribution is 0.0458. The van der Waals surface area contributed by atoms with Gasteiger partial charge in [-0.15, -0.1) is 0 Å². The van der Waals surface area contributed by atoms with Crippen LogP contribution >= 0.6 is 0 Å². The van der Waals surface area contributed by atoms with E-state index in [2.05, 4.69) is 5.32 Å². The van der Waals surface area contributed by atoms with Crippen LogP contribution < -0.4 is 5.32 Å². The lowest BCUT2D eigenvalue weighted by Gasteiger charge is -2.32. The monoisotopic (exact) mass is 266 g/mol. The van der Waals surface area contributed by atoms with Gasteiger partial charge in [-0.05, 0) is 43.5 Å². The Hall–Kier alpha value is -1.62. The van der Waals surface area contributed by atoms with E-state index < -0.39 is 0 Å². The van der Waals surface area contributed by atoms with Gasteiger partial charge in [-0.2, -0.15) is 0 Å². The van der Waals surface area contributed by atoms with Crippen molar-refractivity contribution in [2.24, 2.45) is 0 Å². The molecule has 5 heteroatoms. The normalized spacial score (nSPS) is 19.3. The molecule has 0 aromatic heterocycles. The molecule has 2 rings (SSSR count). The van der Waals surface area contributed by atoms with Gasteiger partial charge in [0.2, 0.25) is 0 Å². The van der Waals surface area contributed by atoms with E-state index in [0.29, 0.717) is 17.8 Å². The molecular formula is C14H19FN2O2. The predicted octanol–water partition coefficient (Wildman–Crippen LogP) is 2.78. The molecule has 0 saturated carbocycles. The molecule has 1 aliphatic rings. The molecule has 0 aliphatic carbocycles. The minimum Gasteiger partial charge on any atom is -0.380 e. The van der Waals surface area contributed by atoms with E-state index in [1.165, 1.54) is 12.1 Å². The SMILES string of the molecule is COC1CCCN(C(=O)Nc2ccc(F)cc2C)C1. The number of piperidine rings is 1.